The van der Waals surface area contributed by atoms with Gasteiger partial charge in [-0.2, -0.15) is 5.10 Å². The van der Waals surface area contributed by atoms with Gasteiger partial charge in [0.05, 0.1) is 10.4 Å². The van der Waals surface area contributed by atoms with Crippen molar-refractivity contribution in [2.24, 2.45) is 7.05 Å². The Labute approximate surface area is 121 Å². The highest BCUT2D eigenvalue weighted by molar-refractivity contribution is 7.22. The molecule has 5 nitrogen and oxygen atoms in total. The minimum absolute atomic E-state index is 0.906. The number of hydrogen-bond acceptors (Lipinski definition) is 5. The predicted molar refractivity (Wildman–Crippen MR) is 82.3 cm³/mol. The van der Waals surface area contributed by atoms with Crippen molar-refractivity contribution in [3.63, 3.8) is 0 Å². The Hall–Kier alpha value is -1.95. The van der Waals surface area contributed by atoms with Crippen LogP contribution >= 0.6 is 11.3 Å². The van der Waals surface area contributed by atoms with E-state index in [1.165, 1.54) is 4.70 Å². The maximum atomic E-state index is 4.67. The first-order valence-electron chi connectivity index (χ1n) is 6.56. The molecule has 0 aliphatic carbocycles. The van der Waals surface area contributed by atoms with Gasteiger partial charge in [0.2, 0.25) is 0 Å². The van der Waals surface area contributed by atoms with Crippen molar-refractivity contribution < 1.29 is 0 Å². The van der Waals surface area contributed by atoms with Gasteiger partial charge in [-0.15, -0.1) is 0 Å². The van der Waals surface area contributed by atoms with Crippen molar-refractivity contribution in [3.8, 4) is 0 Å². The summed E-state index contributed by atoms with van der Waals surface area (Å²) in [6.07, 6.45) is 2.76. The zero-order chi connectivity index (χ0) is 14.1. The number of thiazole rings is 1. The van der Waals surface area contributed by atoms with Crippen molar-refractivity contribution in [2.45, 2.75) is 13.3 Å². The van der Waals surface area contributed by atoms with Gasteiger partial charge < -0.3 is 4.90 Å². The first-order chi connectivity index (χ1) is 9.65. The number of hydrogen-bond donors (Lipinski definition) is 0. The molecule has 6 heteroatoms. The molecule has 0 aliphatic heterocycles. The molecule has 0 aromatic carbocycles. The van der Waals surface area contributed by atoms with Gasteiger partial charge >= 0.3 is 0 Å². The van der Waals surface area contributed by atoms with E-state index in [4.69, 9.17) is 0 Å². The van der Waals surface area contributed by atoms with Crippen LogP contribution in [-0.2, 0) is 13.5 Å². The normalized spacial score (nSPS) is 11.2. The number of fused-ring (bicyclic) bond motifs is 1. The third-order valence-corrected chi connectivity index (χ3v) is 4.56. The van der Waals surface area contributed by atoms with E-state index in [0.29, 0.717) is 0 Å². The number of nitrogens with zero attached hydrogens (tertiary/aromatic N) is 5. The Kier molecular flexibility index (Phi) is 3.40. The van der Waals surface area contributed by atoms with Gasteiger partial charge in [-0.3, -0.25) is 4.98 Å². The van der Waals surface area contributed by atoms with E-state index < -0.39 is 0 Å². The second-order valence-electron chi connectivity index (χ2n) is 4.85. The Bertz CT molecular complexity index is 681. The Morgan fingerprint density at radius 1 is 1.35 bits per heavy atom. The molecule has 0 unspecified atom stereocenters. The van der Waals surface area contributed by atoms with E-state index in [1.54, 1.807) is 11.3 Å². The number of likely N-dealkylation sites (N-methyl/N-ethyl adjacent to an activating group) is 1. The van der Waals surface area contributed by atoms with Crippen molar-refractivity contribution in [3.05, 3.63) is 35.8 Å². The summed E-state index contributed by atoms with van der Waals surface area (Å²) in [7, 11) is 4.01. The molecule has 0 spiro atoms. The minimum atomic E-state index is 0.906. The zero-order valence-electron chi connectivity index (χ0n) is 11.9. The molecule has 3 heterocycles. The SMILES string of the molecule is Cc1nn(C)c2nc(N(C)CCc3ccccn3)sc12. The summed E-state index contributed by atoms with van der Waals surface area (Å²) in [4.78, 5) is 11.2. The fraction of sp³-hybridized carbons (Fsp3) is 0.357. The van der Waals surface area contributed by atoms with Crippen LogP contribution in [-0.4, -0.2) is 33.3 Å². The third-order valence-electron chi connectivity index (χ3n) is 3.29. The number of rotatable bonds is 4. The molecule has 20 heavy (non-hydrogen) atoms. The summed E-state index contributed by atoms with van der Waals surface area (Å²) < 4.78 is 3.02. The van der Waals surface area contributed by atoms with Crippen molar-refractivity contribution in [1.29, 1.82) is 0 Å². The Morgan fingerprint density at radius 3 is 2.90 bits per heavy atom. The van der Waals surface area contributed by atoms with E-state index in [-0.39, 0.29) is 0 Å². The third kappa shape index (κ3) is 2.38. The first kappa shape index (κ1) is 13.1. The van der Waals surface area contributed by atoms with Crippen LogP contribution in [0.1, 0.15) is 11.4 Å². The van der Waals surface area contributed by atoms with Gasteiger partial charge in [0.25, 0.3) is 0 Å². The molecular weight excluding hydrogens is 270 g/mol. The molecule has 0 bridgehead atoms. The van der Waals surface area contributed by atoms with Crippen molar-refractivity contribution in [2.75, 3.05) is 18.5 Å². The van der Waals surface area contributed by atoms with Gasteiger partial charge in [0, 0.05) is 39.0 Å². The fourth-order valence-corrected chi connectivity index (χ4v) is 3.18. The highest BCUT2D eigenvalue weighted by atomic mass is 32.1. The van der Waals surface area contributed by atoms with E-state index in [1.807, 2.05) is 37.0 Å². The van der Waals surface area contributed by atoms with Gasteiger partial charge in [-0.25, -0.2) is 9.67 Å². The molecule has 0 saturated heterocycles. The molecule has 0 N–H and O–H groups in total. The van der Waals surface area contributed by atoms with Crippen LogP contribution in [0.2, 0.25) is 0 Å². The van der Waals surface area contributed by atoms with Crippen LogP contribution in [0.5, 0.6) is 0 Å². The van der Waals surface area contributed by atoms with E-state index >= 15 is 0 Å². The fourth-order valence-electron chi connectivity index (χ4n) is 2.16. The summed E-state index contributed by atoms with van der Waals surface area (Å²) in [5.74, 6) is 0. The summed E-state index contributed by atoms with van der Waals surface area (Å²) in [5, 5.41) is 5.41. The summed E-state index contributed by atoms with van der Waals surface area (Å²) in [5.41, 5.74) is 3.12. The Morgan fingerprint density at radius 2 is 2.20 bits per heavy atom. The van der Waals surface area contributed by atoms with Gasteiger partial charge in [-0.1, -0.05) is 17.4 Å². The van der Waals surface area contributed by atoms with Crippen LogP contribution in [0.4, 0.5) is 5.13 Å². The average molecular weight is 287 g/mol. The van der Waals surface area contributed by atoms with Crippen LogP contribution in [0.15, 0.2) is 24.4 Å². The quantitative estimate of drug-likeness (QED) is 0.739. The minimum Gasteiger partial charge on any atom is -0.351 e. The van der Waals surface area contributed by atoms with Crippen LogP contribution in [0.25, 0.3) is 10.3 Å². The van der Waals surface area contributed by atoms with Gasteiger partial charge in [0.1, 0.15) is 0 Å². The largest absolute Gasteiger partial charge is 0.351 e. The van der Waals surface area contributed by atoms with E-state index in [0.717, 1.165) is 35.1 Å². The zero-order valence-corrected chi connectivity index (χ0v) is 12.7. The smallest absolute Gasteiger partial charge is 0.187 e. The first-order valence-corrected chi connectivity index (χ1v) is 7.38. The highest BCUT2D eigenvalue weighted by Gasteiger charge is 2.14. The second kappa shape index (κ2) is 5.20. The summed E-state index contributed by atoms with van der Waals surface area (Å²) in [6, 6.07) is 6.02. The van der Waals surface area contributed by atoms with Crippen LogP contribution in [0.3, 0.4) is 0 Å². The molecule has 0 radical (unpaired) electrons. The number of aryl methyl sites for hydroxylation is 2. The lowest BCUT2D eigenvalue weighted by molar-refractivity contribution is 0.771. The lowest BCUT2D eigenvalue weighted by atomic mass is 10.2. The summed E-state index contributed by atoms with van der Waals surface area (Å²) in [6.45, 7) is 2.93. The number of aromatic nitrogens is 4. The number of anilines is 1. The maximum absolute atomic E-state index is 4.67. The maximum Gasteiger partial charge on any atom is 0.187 e. The predicted octanol–water partition coefficient (Wildman–Crippen LogP) is 2.41. The van der Waals surface area contributed by atoms with E-state index in [9.17, 15) is 0 Å². The second-order valence-corrected chi connectivity index (χ2v) is 5.83. The van der Waals surface area contributed by atoms with Gasteiger partial charge in [-0.05, 0) is 19.1 Å². The molecule has 0 aliphatic rings. The molecule has 0 atom stereocenters. The molecule has 0 amide bonds. The number of pyridine rings is 1. The monoisotopic (exact) mass is 287 g/mol. The molecule has 0 fully saturated rings. The molecule has 3 aromatic heterocycles. The average Bonchev–Trinajstić information content (AvgIpc) is 3.00. The lowest BCUT2D eigenvalue weighted by Crippen LogP contribution is -2.20. The Balaban J connectivity index is 1.75. The van der Waals surface area contributed by atoms with Crippen LogP contribution in [0, 0.1) is 6.92 Å². The topological polar surface area (TPSA) is 46.8 Å². The van der Waals surface area contributed by atoms with Crippen molar-refractivity contribution in [1.82, 2.24) is 19.7 Å². The van der Waals surface area contributed by atoms with Crippen LogP contribution < -0.4 is 4.90 Å². The highest BCUT2D eigenvalue weighted by Crippen LogP contribution is 2.30. The molecule has 0 saturated carbocycles. The standard InChI is InChI=1S/C14H17N5S/c1-10-12-13(19(3)17-10)16-14(20-12)18(2)9-7-11-6-4-5-8-15-11/h4-6,8H,7,9H2,1-3H3. The molecule has 3 aromatic rings. The summed E-state index contributed by atoms with van der Waals surface area (Å²) >= 11 is 1.70. The van der Waals surface area contributed by atoms with Gasteiger partial charge in [0.15, 0.2) is 10.8 Å². The molecule has 3 rings (SSSR count). The van der Waals surface area contributed by atoms with E-state index in [2.05, 4.69) is 33.1 Å². The molecule has 104 valence electrons. The van der Waals surface area contributed by atoms with Crippen molar-refractivity contribution >= 4 is 26.8 Å². The molecular formula is C14H17N5S. The lowest BCUT2D eigenvalue weighted by Gasteiger charge is -2.14.